The van der Waals surface area contributed by atoms with Crippen molar-refractivity contribution in [1.82, 2.24) is 4.98 Å². The molecule has 0 unspecified atom stereocenters. The molecule has 0 aromatic carbocycles. The third kappa shape index (κ3) is 3.17. The molecule has 0 bridgehead atoms. The van der Waals surface area contributed by atoms with E-state index in [9.17, 15) is 0 Å². The van der Waals surface area contributed by atoms with Crippen LogP contribution in [0.2, 0.25) is 0 Å². The monoisotopic (exact) mass is 177 g/mol. The highest BCUT2D eigenvalue weighted by molar-refractivity contribution is 5.17. The predicted molar refractivity (Wildman–Crippen MR) is 56.9 cm³/mol. The Bertz CT molecular complexity index is 236. The second-order valence-electron chi connectivity index (χ2n) is 3.84. The Labute approximate surface area is 81.2 Å². The molecule has 0 atom stereocenters. The van der Waals surface area contributed by atoms with E-state index in [1.54, 1.807) is 0 Å². The Balaban J connectivity index is 2.59. The molecule has 0 radical (unpaired) electrons. The molecule has 1 nitrogen and oxygen atoms in total. The van der Waals surface area contributed by atoms with Crippen LogP contribution in [0.4, 0.5) is 0 Å². The summed E-state index contributed by atoms with van der Waals surface area (Å²) in [5.41, 5.74) is 2.56. The van der Waals surface area contributed by atoms with Crippen molar-refractivity contribution in [2.24, 2.45) is 0 Å². The first kappa shape index (κ1) is 10.2. The molecule has 1 heterocycles. The third-order valence-electron chi connectivity index (χ3n) is 2.30. The van der Waals surface area contributed by atoms with E-state index in [2.05, 4.69) is 37.9 Å². The van der Waals surface area contributed by atoms with Crippen molar-refractivity contribution in [3.63, 3.8) is 0 Å². The summed E-state index contributed by atoms with van der Waals surface area (Å²) in [6, 6.07) is 4.35. The maximum atomic E-state index is 4.44. The van der Waals surface area contributed by atoms with E-state index in [-0.39, 0.29) is 0 Å². The number of pyridine rings is 1. The highest BCUT2D eigenvalue weighted by atomic mass is 14.7. The van der Waals surface area contributed by atoms with E-state index in [4.69, 9.17) is 0 Å². The molecule has 0 aliphatic heterocycles. The lowest BCUT2D eigenvalue weighted by Gasteiger charge is -2.05. The molecular weight excluding hydrogens is 158 g/mol. The van der Waals surface area contributed by atoms with Crippen LogP contribution in [0.25, 0.3) is 0 Å². The van der Waals surface area contributed by atoms with Crippen LogP contribution < -0.4 is 0 Å². The number of aryl methyl sites for hydroxylation is 1. The van der Waals surface area contributed by atoms with Crippen LogP contribution in [-0.2, 0) is 6.42 Å². The van der Waals surface area contributed by atoms with Gasteiger partial charge >= 0.3 is 0 Å². The number of hydrogen-bond donors (Lipinski definition) is 0. The van der Waals surface area contributed by atoms with Gasteiger partial charge in [0.25, 0.3) is 0 Å². The summed E-state index contributed by atoms with van der Waals surface area (Å²) < 4.78 is 0. The van der Waals surface area contributed by atoms with E-state index in [1.165, 1.54) is 24.1 Å². The lowest BCUT2D eigenvalue weighted by molar-refractivity contribution is 0.771. The largest absolute Gasteiger partial charge is 0.261 e. The fourth-order valence-electron chi connectivity index (χ4n) is 1.28. The SMILES string of the molecule is CCCCc1ccc(C(C)C)cn1. The van der Waals surface area contributed by atoms with Crippen LogP contribution in [0.5, 0.6) is 0 Å². The first-order chi connectivity index (χ1) is 6.24. The Kier molecular flexibility index (Phi) is 3.94. The average Bonchev–Trinajstić information content (AvgIpc) is 2.15. The van der Waals surface area contributed by atoms with Crippen LogP contribution >= 0.6 is 0 Å². The fraction of sp³-hybridized carbons (Fsp3) is 0.583. The first-order valence-electron chi connectivity index (χ1n) is 5.19. The minimum absolute atomic E-state index is 0.590. The molecule has 13 heavy (non-hydrogen) atoms. The Morgan fingerprint density at radius 1 is 1.31 bits per heavy atom. The zero-order valence-electron chi connectivity index (χ0n) is 8.88. The van der Waals surface area contributed by atoms with Crippen molar-refractivity contribution in [2.75, 3.05) is 0 Å². The normalized spacial score (nSPS) is 10.8. The maximum absolute atomic E-state index is 4.44. The highest BCUT2D eigenvalue weighted by Crippen LogP contribution is 2.13. The van der Waals surface area contributed by atoms with Crippen molar-refractivity contribution in [2.45, 2.75) is 46.0 Å². The fourth-order valence-corrected chi connectivity index (χ4v) is 1.28. The van der Waals surface area contributed by atoms with Gasteiger partial charge in [0, 0.05) is 11.9 Å². The highest BCUT2D eigenvalue weighted by Gasteiger charge is 1.99. The van der Waals surface area contributed by atoms with Gasteiger partial charge in [-0.3, -0.25) is 4.98 Å². The van der Waals surface area contributed by atoms with Gasteiger partial charge in [0.05, 0.1) is 0 Å². The third-order valence-corrected chi connectivity index (χ3v) is 2.30. The predicted octanol–water partition coefficient (Wildman–Crippen LogP) is 3.55. The summed E-state index contributed by atoms with van der Waals surface area (Å²) >= 11 is 0. The summed E-state index contributed by atoms with van der Waals surface area (Å²) in [6.45, 7) is 6.61. The molecule has 0 spiro atoms. The molecule has 1 heteroatoms. The molecule has 1 aromatic rings. The van der Waals surface area contributed by atoms with Gasteiger partial charge in [0.2, 0.25) is 0 Å². The molecule has 0 fully saturated rings. The first-order valence-corrected chi connectivity index (χ1v) is 5.19. The minimum atomic E-state index is 0.590. The molecule has 1 aromatic heterocycles. The molecule has 0 N–H and O–H groups in total. The summed E-state index contributed by atoms with van der Waals surface area (Å²) in [6.07, 6.45) is 5.62. The van der Waals surface area contributed by atoms with Gasteiger partial charge in [-0.25, -0.2) is 0 Å². The zero-order valence-corrected chi connectivity index (χ0v) is 8.88. The van der Waals surface area contributed by atoms with Crippen LogP contribution in [0, 0.1) is 0 Å². The van der Waals surface area contributed by atoms with E-state index in [0.29, 0.717) is 5.92 Å². The molecule has 72 valence electrons. The Morgan fingerprint density at radius 3 is 2.54 bits per heavy atom. The van der Waals surface area contributed by atoms with Gasteiger partial charge in [0.15, 0.2) is 0 Å². The quantitative estimate of drug-likeness (QED) is 0.685. The second kappa shape index (κ2) is 5.00. The van der Waals surface area contributed by atoms with Crippen LogP contribution in [0.15, 0.2) is 18.3 Å². The number of aromatic nitrogens is 1. The molecule has 0 aliphatic rings. The maximum Gasteiger partial charge on any atom is 0.0403 e. The van der Waals surface area contributed by atoms with E-state index in [1.807, 2.05) is 6.20 Å². The van der Waals surface area contributed by atoms with Crippen molar-refractivity contribution in [3.8, 4) is 0 Å². The van der Waals surface area contributed by atoms with Gasteiger partial charge in [-0.2, -0.15) is 0 Å². The van der Waals surface area contributed by atoms with Crippen molar-refractivity contribution < 1.29 is 0 Å². The Morgan fingerprint density at radius 2 is 2.08 bits per heavy atom. The Hall–Kier alpha value is -0.850. The molecule has 0 aliphatic carbocycles. The van der Waals surface area contributed by atoms with Gasteiger partial charge in [0.1, 0.15) is 0 Å². The van der Waals surface area contributed by atoms with Gasteiger partial charge < -0.3 is 0 Å². The van der Waals surface area contributed by atoms with Crippen molar-refractivity contribution in [3.05, 3.63) is 29.6 Å². The molecule has 1 rings (SSSR count). The van der Waals surface area contributed by atoms with E-state index < -0.39 is 0 Å². The zero-order chi connectivity index (χ0) is 9.68. The van der Waals surface area contributed by atoms with Gasteiger partial charge in [-0.05, 0) is 30.4 Å². The smallest absolute Gasteiger partial charge is 0.0403 e. The number of hydrogen-bond acceptors (Lipinski definition) is 1. The summed E-state index contributed by atoms with van der Waals surface area (Å²) in [7, 11) is 0. The molecule has 0 saturated carbocycles. The molecular formula is C12H19N. The minimum Gasteiger partial charge on any atom is -0.261 e. The lowest BCUT2D eigenvalue weighted by atomic mass is 10.1. The van der Waals surface area contributed by atoms with Crippen molar-refractivity contribution >= 4 is 0 Å². The van der Waals surface area contributed by atoms with Crippen LogP contribution in [0.3, 0.4) is 0 Å². The van der Waals surface area contributed by atoms with Crippen LogP contribution in [0.1, 0.15) is 50.8 Å². The second-order valence-corrected chi connectivity index (χ2v) is 3.84. The van der Waals surface area contributed by atoms with Crippen molar-refractivity contribution in [1.29, 1.82) is 0 Å². The number of unbranched alkanes of at least 4 members (excludes halogenated alkanes) is 1. The summed E-state index contributed by atoms with van der Waals surface area (Å²) in [4.78, 5) is 4.44. The van der Waals surface area contributed by atoms with Gasteiger partial charge in [-0.15, -0.1) is 0 Å². The average molecular weight is 177 g/mol. The van der Waals surface area contributed by atoms with Crippen LogP contribution in [-0.4, -0.2) is 4.98 Å². The topological polar surface area (TPSA) is 12.9 Å². The van der Waals surface area contributed by atoms with E-state index >= 15 is 0 Å². The van der Waals surface area contributed by atoms with Gasteiger partial charge in [-0.1, -0.05) is 33.3 Å². The van der Waals surface area contributed by atoms with E-state index in [0.717, 1.165) is 6.42 Å². The number of nitrogens with zero attached hydrogens (tertiary/aromatic N) is 1. The summed E-state index contributed by atoms with van der Waals surface area (Å²) in [5.74, 6) is 0.590. The standard InChI is InChI=1S/C12H19N/c1-4-5-6-12-8-7-11(9-13-12)10(2)3/h7-10H,4-6H2,1-3H3. The lowest BCUT2D eigenvalue weighted by Crippen LogP contribution is -1.93. The molecule has 0 saturated heterocycles. The number of rotatable bonds is 4. The summed E-state index contributed by atoms with van der Waals surface area (Å²) in [5, 5.41) is 0. The molecule has 0 amide bonds.